The van der Waals surface area contributed by atoms with E-state index in [9.17, 15) is 40.2 Å². The molecule has 0 fully saturated rings. The fourth-order valence-electron chi connectivity index (χ4n) is 2.15. The fraction of sp³-hybridized carbons (Fsp3) is 0.143. The predicted molar refractivity (Wildman–Crippen MR) is 146 cm³/mol. The van der Waals surface area contributed by atoms with Crippen molar-refractivity contribution in [3.63, 3.8) is 0 Å². The van der Waals surface area contributed by atoms with Crippen LogP contribution in [0.1, 0.15) is 30.0 Å². The van der Waals surface area contributed by atoms with E-state index in [2.05, 4.69) is 42.7 Å². The molecule has 3 aromatic rings. The Bertz CT molecular complexity index is 1520. The molecule has 0 aliphatic heterocycles. The zero-order valence-corrected chi connectivity index (χ0v) is 23.8. The first-order valence-electron chi connectivity index (χ1n) is 9.97. The van der Waals surface area contributed by atoms with Crippen LogP contribution in [0.3, 0.4) is 0 Å². The molecule has 0 aliphatic rings. The number of hydrogen-bond donors (Lipinski definition) is 2. The summed E-state index contributed by atoms with van der Waals surface area (Å²) >= 11 is 19.4. The van der Waals surface area contributed by atoms with E-state index in [1.807, 2.05) is 0 Å². The van der Waals surface area contributed by atoms with Crippen LogP contribution in [-0.2, 0) is 0 Å². The highest BCUT2D eigenvalue weighted by atomic mass is 79.9. The highest BCUT2D eigenvalue weighted by Crippen LogP contribution is 2.25. The van der Waals surface area contributed by atoms with E-state index in [1.54, 1.807) is 0 Å². The van der Waals surface area contributed by atoms with Gasteiger partial charge in [-0.15, -0.1) is 0 Å². The molecular weight excluding hydrogens is 667 g/mol. The molecule has 19 heteroatoms. The first-order chi connectivity index (χ1) is 18.4. The summed E-state index contributed by atoms with van der Waals surface area (Å²) < 4.78 is 0.187. The predicted octanol–water partition coefficient (Wildman–Crippen LogP) is 5.51. The molecule has 0 aromatic carbocycles. The summed E-state index contributed by atoms with van der Waals surface area (Å²) in [5, 5.41) is 49.6. The van der Waals surface area contributed by atoms with Gasteiger partial charge in [0.15, 0.2) is 10.3 Å². The molecule has 3 aromatic heterocycles. The normalized spacial score (nSPS) is 9.97. The minimum Gasteiger partial charge on any atom is -0.476 e. The van der Waals surface area contributed by atoms with Crippen molar-refractivity contribution in [3.05, 3.63) is 98.2 Å². The number of nitro groups is 3. The van der Waals surface area contributed by atoms with Crippen molar-refractivity contribution in [2.45, 2.75) is 19.4 Å². The number of aromatic carboxylic acids is 1. The number of nitrogens with zero attached hydrogens (tertiary/aromatic N) is 6. The maximum absolute atomic E-state index is 10.7. The van der Waals surface area contributed by atoms with Gasteiger partial charge < -0.3 is 10.2 Å². The summed E-state index contributed by atoms with van der Waals surface area (Å²) in [7, 11) is 0. The van der Waals surface area contributed by atoms with Crippen LogP contribution in [0, 0.1) is 42.2 Å². The van der Waals surface area contributed by atoms with E-state index in [1.165, 1.54) is 38.4 Å². The van der Waals surface area contributed by atoms with Crippen molar-refractivity contribution >= 4 is 73.8 Å². The minimum atomic E-state index is -1.46. The average Bonchev–Trinajstić information content (AvgIpc) is 2.84. The van der Waals surface area contributed by atoms with Crippen molar-refractivity contribution in [2.75, 3.05) is 0 Å². The lowest BCUT2D eigenvalue weighted by Gasteiger charge is -2.05. The van der Waals surface area contributed by atoms with Crippen LogP contribution in [-0.4, -0.2) is 51.5 Å². The highest BCUT2D eigenvalue weighted by Gasteiger charge is 2.21. The zero-order valence-electron chi connectivity index (χ0n) is 19.9. The molecule has 0 bridgehead atoms. The first-order valence-corrected chi connectivity index (χ1v) is 11.9. The molecule has 40 heavy (non-hydrogen) atoms. The molecule has 0 aliphatic carbocycles. The summed E-state index contributed by atoms with van der Waals surface area (Å²) in [5.74, 6) is 3.44. The molecule has 0 atom stereocenters. The Kier molecular flexibility index (Phi) is 12.7. The number of carboxylic acids is 1. The lowest BCUT2D eigenvalue weighted by molar-refractivity contribution is -0.386. The molecule has 210 valence electrons. The Labute approximate surface area is 247 Å². The maximum Gasteiger partial charge on any atom is 0.361 e. The summed E-state index contributed by atoms with van der Waals surface area (Å²) in [6.07, 6.45) is 3.64. The molecule has 0 radical (unpaired) electrons. The Morgan fingerprint density at radius 3 is 1.70 bits per heavy atom. The van der Waals surface area contributed by atoms with Crippen LogP contribution in [0.5, 0.6) is 0 Å². The number of pyridine rings is 3. The highest BCUT2D eigenvalue weighted by molar-refractivity contribution is 9.10. The van der Waals surface area contributed by atoms with Crippen molar-refractivity contribution in [3.8, 4) is 11.8 Å². The SMILES string of the molecule is CC(C)(O)C#Cc1ncc(Cl)cc1[N+](=O)[O-].O=C(O)c1ncc(Cl)cc1[N+](=O)[O-].O=[N+]([O-])c1cc(Cl)cnc1Br. The third-order valence-electron chi connectivity index (χ3n) is 3.74. The monoisotopic (exact) mass is 678 g/mol. The van der Waals surface area contributed by atoms with Gasteiger partial charge in [0.25, 0.3) is 0 Å². The van der Waals surface area contributed by atoms with Gasteiger partial charge in [-0.25, -0.2) is 19.7 Å². The largest absolute Gasteiger partial charge is 0.476 e. The lowest BCUT2D eigenvalue weighted by Crippen LogP contribution is -2.14. The van der Waals surface area contributed by atoms with Crippen molar-refractivity contribution in [2.24, 2.45) is 0 Å². The molecule has 15 nitrogen and oxygen atoms in total. The van der Waals surface area contributed by atoms with Gasteiger partial charge in [-0.3, -0.25) is 30.3 Å². The van der Waals surface area contributed by atoms with E-state index in [0.29, 0.717) is 0 Å². The van der Waals surface area contributed by atoms with Gasteiger partial charge in [0, 0.05) is 36.8 Å². The van der Waals surface area contributed by atoms with Gasteiger partial charge in [0.05, 0.1) is 29.8 Å². The van der Waals surface area contributed by atoms with Gasteiger partial charge in [-0.05, 0) is 35.7 Å². The molecule has 0 saturated heterocycles. The Hall–Kier alpha value is -4.01. The van der Waals surface area contributed by atoms with Crippen LogP contribution < -0.4 is 0 Å². The first kappa shape index (κ1) is 34.0. The third kappa shape index (κ3) is 11.4. The Morgan fingerprint density at radius 2 is 1.27 bits per heavy atom. The van der Waals surface area contributed by atoms with Gasteiger partial charge in [0.1, 0.15) is 5.60 Å². The van der Waals surface area contributed by atoms with E-state index in [0.717, 1.165) is 12.3 Å². The van der Waals surface area contributed by atoms with Gasteiger partial charge in [-0.2, -0.15) is 0 Å². The van der Waals surface area contributed by atoms with E-state index < -0.39 is 37.7 Å². The van der Waals surface area contributed by atoms with Gasteiger partial charge in [-0.1, -0.05) is 40.7 Å². The number of aliphatic hydroxyl groups is 1. The summed E-state index contributed by atoms with van der Waals surface area (Å²) in [5.41, 5.74) is -2.87. The van der Waals surface area contributed by atoms with Gasteiger partial charge >= 0.3 is 23.0 Å². The topological polar surface area (TPSA) is 226 Å². The van der Waals surface area contributed by atoms with Crippen molar-refractivity contribution < 1.29 is 29.8 Å². The molecule has 3 rings (SSSR count). The molecule has 2 N–H and O–H groups in total. The number of carboxylic acid groups (broad SMARTS) is 1. The summed E-state index contributed by atoms with van der Waals surface area (Å²) in [4.78, 5) is 50.4. The quantitative estimate of drug-likeness (QED) is 0.150. The van der Waals surface area contributed by atoms with E-state index in [4.69, 9.17) is 39.9 Å². The van der Waals surface area contributed by atoms with Crippen LogP contribution in [0.25, 0.3) is 0 Å². The zero-order chi connectivity index (χ0) is 30.8. The molecular formula is C21H14BrCl3N6O9. The fourth-order valence-corrected chi connectivity index (χ4v) is 2.97. The number of aromatic nitrogens is 3. The second-order valence-corrected chi connectivity index (χ2v) is 9.45. The second kappa shape index (κ2) is 15.0. The lowest BCUT2D eigenvalue weighted by atomic mass is 10.1. The van der Waals surface area contributed by atoms with Crippen LogP contribution in [0.4, 0.5) is 17.1 Å². The Morgan fingerprint density at radius 1 is 0.850 bits per heavy atom. The van der Waals surface area contributed by atoms with Crippen molar-refractivity contribution in [1.82, 2.24) is 15.0 Å². The maximum atomic E-state index is 10.7. The molecule has 3 heterocycles. The number of carbonyl (C=O) groups is 1. The number of rotatable bonds is 4. The third-order valence-corrected chi connectivity index (χ3v) is 4.97. The van der Waals surface area contributed by atoms with E-state index >= 15 is 0 Å². The molecule has 0 saturated carbocycles. The smallest absolute Gasteiger partial charge is 0.361 e. The van der Waals surface area contributed by atoms with Gasteiger partial charge in [0.2, 0.25) is 5.69 Å². The van der Waals surface area contributed by atoms with Crippen LogP contribution in [0.2, 0.25) is 15.1 Å². The van der Waals surface area contributed by atoms with Crippen LogP contribution >= 0.6 is 50.7 Å². The number of hydrogen-bond acceptors (Lipinski definition) is 11. The standard InChI is InChI=1S/C10H9ClN2O3.C6H3ClN2O4.C5H2BrClN2O2/c1-10(2,14)4-3-8-9(13(15)16)5-7(11)6-12-8;7-3-1-4(9(12)13)5(6(10)11)8-2-3;6-5-4(9(10)11)1-3(7)2-8-5/h5-6,14H,1-2H3;1-2H,(H,10,11);1-2H. The summed E-state index contributed by atoms with van der Waals surface area (Å²) in [6, 6.07) is 3.35. The van der Waals surface area contributed by atoms with Crippen LogP contribution in [0.15, 0.2) is 41.4 Å². The van der Waals surface area contributed by atoms with Crippen molar-refractivity contribution in [1.29, 1.82) is 0 Å². The minimum absolute atomic E-state index is 0.0171. The molecule has 0 amide bonds. The summed E-state index contributed by atoms with van der Waals surface area (Å²) in [6.45, 7) is 2.95. The van der Waals surface area contributed by atoms with E-state index in [-0.39, 0.29) is 36.7 Å². The molecule has 0 spiro atoms. The average molecular weight is 681 g/mol. The Balaban J connectivity index is 0.000000305. The molecule has 0 unspecified atom stereocenters. The second-order valence-electron chi connectivity index (χ2n) is 7.39. The number of halogens is 4.